The van der Waals surface area contributed by atoms with Gasteiger partial charge in [-0.05, 0) is 52.3 Å². The molecule has 1 heterocycles. The molecule has 0 spiro atoms. The maximum atomic E-state index is 13.5. The molecule has 3 rings (SSSR count). The summed E-state index contributed by atoms with van der Waals surface area (Å²) in [5, 5.41) is 25.4. The lowest BCUT2D eigenvalue weighted by molar-refractivity contribution is -0.384. The van der Waals surface area contributed by atoms with E-state index in [4.69, 9.17) is 18.9 Å². The fraction of sp³-hybridized carbons (Fsp3) is 0.471. The van der Waals surface area contributed by atoms with Gasteiger partial charge in [0.25, 0.3) is 5.69 Å². The van der Waals surface area contributed by atoms with Crippen LogP contribution >= 0.6 is 0 Å². The summed E-state index contributed by atoms with van der Waals surface area (Å²) in [4.78, 5) is 39.4. The molecular formula is C34H46N4O11S. The van der Waals surface area contributed by atoms with Gasteiger partial charge in [-0.25, -0.2) is 18.0 Å². The number of para-hydroxylation sites is 2. The zero-order chi connectivity index (χ0) is 37.2. The van der Waals surface area contributed by atoms with Gasteiger partial charge >= 0.3 is 11.9 Å². The second kappa shape index (κ2) is 17.4. The van der Waals surface area contributed by atoms with Crippen molar-refractivity contribution in [1.29, 1.82) is 0 Å². The highest BCUT2D eigenvalue weighted by Crippen LogP contribution is 2.41. The molecule has 2 N–H and O–H groups in total. The first-order chi connectivity index (χ1) is 23.5. The second-order valence-electron chi connectivity index (χ2n) is 12.2. The number of hydrogen-bond donors (Lipinski definition) is 2. The zero-order valence-electron chi connectivity index (χ0n) is 29.4. The molecule has 0 amide bonds. The van der Waals surface area contributed by atoms with E-state index in [-0.39, 0.29) is 67.7 Å². The molecule has 0 fully saturated rings. The minimum atomic E-state index is -3.90. The Morgan fingerprint density at radius 3 is 2.32 bits per heavy atom. The molecule has 0 aliphatic carbocycles. The number of carbonyl (C=O) groups excluding carboxylic acids is 2. The summed E-state index contributed by atoms with van der Waals surface area (Å²) < 4.78 is 49.2. The van der Waals surface area contributed by atoms with Crippen molar-refractivity contribution < 1.29 is 47.0 Å². The van der Waals surface area contributed by atoms with Crippen molar-refractivity contribution in [3.05, 3.63) is 87.3 Å². The Morgan fingerprint density at radius 2 is 1.72 bits per heavy atom. The molecule has 2 atom stereocenters. The molecule has 2 unspecified atom stereocenters. The van der Waals surface area contributed by atoms with E-state index in [1.54, 1.807) is 65.0 Å². The molecule has 0 radical (unpaired) electrons. The van der Waals surface area contributed by atoms with Crippen molar-refractivity contribution in [2.24, 2.45) is 0 Å². The van der Waals surface area contributed by atoms with Crippen LogP contribution in [0.25, 0.3) is 0 Å². The number of allylic oxidation sites excluding steroid dienone is 1. The van der Waals surface area contributed by atoms with E-state index < -0.39 is 44.4 Å². The summed E-state index contributed by atoms with van der Waals surface area (Å²) >= 11 is 0. The van der Waals surface area contributed by atoms with Gasteiger partial charge < -0.3 is 34.3 Å². The van der Waals surface area contributed by atoms with Crippen LogP contribution < -0.4 is 14.8 Å². The van der Waals surface area contributed by atoms with Gasteiger partial charge in [0.05, 0.1) is 55.2 Å². The van der Waals surface area contributed by atoms with Crippen LogP contribution in [0, 0.1) is 10.1 Å². The molecule has 0 bridgehead atoms. The number of benzene rings is 2. The Hall–Kier alpha value is -4.51. The van der Waals surface area contributed by atoms with Gasteiger partial charge in [0.2, 0.25) is 10.0 Å². The lowest BCUT2D eigenvalue weighted by Gasteiger charge is -2.39. The monoisotopic (exact) mass is 718 g/mol. The van der Waals surface area contributed by atoms with Gasteiger partial charge in [-0.2, -0.15) is 4.31 Å². The number of nitro groups is 1. The molecule has 2 aromatic rings. The Labute approximate surface area is 292 Å². The normalized spacial score (nSPS) is 15.7. The number of nitrogens with one attached hydrogen (secondary N) is 1. The van der Waals surface area contributed by atoms with Crippen LogP contribution in [0.15, 0.2) is 71.6 Å². The van der Waals surface area contributed by atoms with E-state index in [0.717, 1.165) is 10.6 Å². The first-order valence-electron chi connectivity index (χ1n) is 15.9. The third-order valence-electron chi connectivity index (χ3n) is 7.80. The van der Waals surface area contributed by atoms with Crippen LogP contribution in [-0.2, 0) is 29.1 Å². The van der Waals surface area contributed by atoms with Crippen LogP contribution in [0.2, 0.25) is 0 Å². The number of non-ortho nitro benzene ring substituents is 1. The minimum absolute atomic E-state index is 0.000371. The summed E-state index contributed by atoms with van der Waals surface area (Å²) in [6, 6.07) is 12.6. The number of hydrogen-bond acceptors (Lipinski definition) is 13. The van der Waals surface area contributed by atoms with Gasteiger partial charge in [0, 0.05) is 42.7 Å². The minimum Gasteiger partial charge on any atom is -0.493 e. The van der Waals surface area contributed by atoms with E-state index in [1.807, 2.05) is 0 Å². The van der Waals surface area contributed by atoms with Crippen LogP contribution in [-0.4, -0.2) is 104 Å². The number of carbonyl (C=O) groups is 2. The molecule has 2 aromatic carbocycles. The standard InChI is InChI=1S/C34H46N4O11S/c1-8-47-32(40)27-19-36(23(3)30(33(41)48-9-2)31(27)24-13-12-14-25(17-24)38(42)43)22-37(50(7,44)45)21-34(4,5)35-18-26(39)20-49-29-16-11-10-15-28(29)46-6/h10-17,19,26,31,35,39H,8-9,18,20-22H2,1-7H3. The van der Waals surface area contributed by atoms with Crippen LogP contribution in [0.1, 0.15) is 46.1 Å². The number of sulfonamides is 1. The van der Waals surface area contributed by atoms with Crippen LogP contribution in [0.5, 0.6) is 11.5 Å². The lowest BCUT2D eigenvalue weighted by Crippen LogP contribution is -2.54. The van der Waals surface area contributed by atoms with E-state index in [2.05, 4.69) is 5.32 Å². The van der Waals surface area contributed by atoms with Gasteiger partial charge in [-0.1, -0.05) is 24.3 Å². The van der Waals surface area contributed by atoms with Gasteiger partial charge in [0.1, 0.15) is 12.7 Å². The number of aliphatic hydroxyl groups is 1. The molecule has 16 heteroatoms. The molecule has 0 saturated carbocycles. The van der Waals surface area contributed by atoms with E-state index >= 15 is 0 Å². The molecule has 274 valence electrons. The van der Waals surface area contributed by atoms with E-state index in [0.29, 0.717) is 11.5 Å². The number of rotatable bonds is 18. The fourth-order valence-corrected chi connectivity index (χ4v) is 6.24. The third-order valence-corrected chi connectivity index (χ3v) is 8.99. The van der Waals surface area contributed by atoms with Crippen molar-refractivity contribution in [3.8, 4) is 11.5 Å². The van der Waals surface area contributed by atoms with Crippen molar-refractivity contribution in [2.75, 3.05) is 52.9 Å². The largest absolute Gasteiger partial charge is 0.493 e. The van der Waals surface area contributed by atoms with Crippen molar-refractivity contribution in [1.82, 2.24) is 14.5 Å². The first-order valence-corrected chi connectivity index (χ1v) is 17.8. The molecule has 50 heavy (non-hydrogen) atoms. The molecule has 15 nitrogen and oxygen atoms in total. The predicted molar refractivity (Wildman–Crippen MR) is 185 cm³/mol. The fourth-order valence-electron chi connectivity index (χ4n) is 5.34. The van der Waals surface area contributed by atoms with Crippen LogP contribution in [0.4, 0.5) is 5.69 Å². The summed E-state index contributed by atoms with van der Waals surface area (Å²) in [5.41, 5.74) is -0.615. The average Bonchev–Trinajstić information content (AvgIpc) is 3.06. The Bertz CT molecular complexity index is 1710. The number of nitrogens with zero attached hydrogens (tertiary/aromatic N) is 3. The summed E-state index contributed by atoms with van der Waals surface area (Å²) in [6.45, 7) is 7.94. The number of β-amino-alcohol motifs (C(OH)–C–C–N with tert-alkyl or cyclic N) is 1. The zero-order valence-corrected chi connectivity index (χ0v) is 30.2. The SMILES string of the molecule is CCOC(=O)C1=CN(CN(CC(C)(C)NCC(O)COc2ccccc2OC)S(C)(=O)=O)C(C)=C(C(=O)OCC)C1c1cccc([N+](=O)[O-])c1. The second-order valence-corrected chi connectivity index (χ2v) is 14.2. The average molecular weight is 719 g/mol. The topological polar surface area (TPSA) is 187 Å². The maximum Gasteiger partial charge on any atom is 0.336 e. The molecule has 1 aliphatic rings. The van der Waals surface area contributed by atoms with Crippen molar-refractivity contribution in [3.63, 3.8) is 0 Å². The summed E-state index contributed by atoms with van der Waals surface area (Å²) in [6.07, 6.45) is 1.49. The summed E-state index contributed by atoms with van der Waals surface area (Å²) in [7, 11) is -2.39. The maximum absolute atomic E-state index is 13.5. The first kappa shape index (κ1) is 39.9. The number of methoxy groups -OCH3 is 1. The van der Waals surface area contributed by atoms with Crippen molar-refractivity contribution >= 4 is 27.6 Å². The molecule has 0 saturated heterocycles. The third kappa shape index (κ3) is 10.5. The Kier molecular flexibility index (Phi) is 13.9. The van der Waals surface area contributed by atoms with Gasteiger partial charge in [-0.15, -0.1) is 0 Å². The number of ether oxygens (including phenoxy) is 4. The Morgan fingerprint density at radius 1 is 1.08 bits per heavy atom. The van der Waals surface area contributed by atoms with Crippen molar-refractivity contribution in [2.45, 2.75) is 52.2 Å². The highest BCUT2D eigenvalue weighted by atomic mass is 32.2. The quantitative estimate of drug-likeness (QED) is 0.130. The summed E-state index contributed by atoms with van der Waals surface area (Å²) in [5.74, 6) is -1.69. The molecule has 1 aliphatic heterocycles. The smallest absolute Gasteiger partial charge is 0.336 e. The van der Waals surface area contributed by atoms with Gasteiger partial charge in [0.15, 0.2) is 11.5 Å². The van der Waals surface area contributed by atoms with E-state index in [9.17, 15) is 33.2 Å². The number of aliphatic hydroxyl groups excluding tert-OH is 1. The molecule has 0 aromatic heterocycles. The highest BCUT2D eigenvalue weighted by molar-refractivity contribution is 7.88. The van der Waals surface area contributed by atoms with E-state index in [1.165, 1.54) is 36.4 Å². The number of esters is 2. The highest BCUT2D eigenvalue weighted by Gasteiger charge is 2.40. The number of nitro benzene ring substituents is 1. The van der Waals surface area contributed by atoms with Gasteiger partial charge in [-0.3, -0.25) is 10.1 Å². The van der Waals surface area contributed by atoms with Crippen LogP contribution in [0.3, 0.4) is 0 Å². The lowest BCUT2D eigenvalue weighted by atomic mass is 9.81. The Balaban J connectivity index is 1.93. The molecular weight excluding hydrogens is 672 g/mol. The predicted octanol–water partition coefficient (Wildman–Crippen LogP) is 3.31.